The van der Waals surface area contributed by atoms with E-state index in [0.29, 0.717) is 0 Å². The van der Waals surface area contributed by atoms with E-state index in [9.17, 15) is 0 Å². The zero-order valence-electron chi connectivity index (χ0n) is 9.38. The minimum absolute atomic E-state index is 0. The normalized spacial score (nSPS) is 9.12. The van der Waals surface area contributed by atoms with Crippen LogP contribution in [0, 0.1) is 19.4 Å². The van der Waals surface area contributed by atoms with Gasteiger partial charge in [-0.15, -0.1) is 6.26 Å². The van der Waals surface area contributed by atoms with Crippen LogP contribution < -0.4 is 0 Å². The van der Waals surface area contributed by atoms with E-state index in [4.69, 9.17) is 0 Å². The van der Waals surface area contributed by atoms with Crippen LogP contribution in [0.5, 0.6) is 0 Å². The molecule has 1 aromatic heterocycles. The van der Waals surface area contributed by atoms with Crippen molar-refractivity contribution in [3.63, 3.8) is 0 Å². The van der Waals surface area contributed by atoms with Crippen LogP contribution in [0.2, 0.25) is 0 Å². The zero-order chi connectivity index (χ0) is 9.97. The van der Waals surface area contributed by atoms with Gasteiger partial charge in [-0.05, 0) is 13.3 Å². The molecule has 0 saturated heterocycles. The van der Waals surface area contributed by atoms with Gasteiger partial charge in [-0.3, -0.25) is 5.16 Å². The first-order chi connectivity index (χ1) is 6.81. The van der Waals surface area contributed by atoms with Gasteiger partial charge >= 0.3 is 0 Å². The number of hydrogen-bond acceptors (Lipinski definition) is 2. The summed E-state index contributed by atoms with van der Waals surface area (Å²) >= 11 is 0. The minimum Gasteiger partial charge on any atom is -0.523 e. The van der Waals surface area contributed by atoms with Crippen LogP contribution in [0.3, 0.4) is 0 Å². The van der Waals surface area contributed by atoms with Crippen molar-refractivity contribution in [2.75, 3.05) is 0 Å². The van der Waals surface area contributed by atoms with Crippen LogP contribution in [0.25, 0.3) is 11.1 Å². The molecule has 1 radical (unpaired) electrons. The van der Waals surface area contributed by atoms with Crippen molar-refractivity contribution < 1.29 is 24.9 Å². The largest absolute Gasteiger partial charge is 0.523 e. The van der Waals surface area contributed by atoms with E-state index >= 15 is 0 Å². The van der Waals surface area contributed by atoms with Crippen molar-refractivity contribution in [3.8, 4) is 11.1 Å². The summed E-state index contributed by atoms with van der Waals surface area (Å²) in [6, 6.07) is 6.27. The average molecular weight is 638 g/mol. The van der Waals surface area contributed by atoms with Gasteiger partial charge in [0.1, 0.15) is 0 Å². The molecule has 0 spiro atoms. The molecule has 0 N–H and O–H groups in total. The first-order valence-electron chi connectivity index (χ1n) is 4.66. The summed E-state index contributed by atoms with van der Waals surface area (Å²) in [5, 5.41) is 3.52. The number of nitrogens with zero attached hydrogens (tertiary/aromatic N) is 1. The van der Waals surface area contributed by atoms with Crippen molar-refractivity contribution in [1.82, 2.24) is 5.16 Å². The summed E-state index contributed by atoms with van der Waals surface area (Å²) in [7, 11) is 0. The van der Waals surface area contributed by atoms with Crippen molar-refractivity contribution in [2.45, 2.75) is 20.3 Å². The van der Waals surface area contributed by atoms with Crippen molar-refractivity contribution in [2.24, 2.45) is 0 Å². The zero-order valence-corrected chi connectivity index (χ0v) is 18.5. The Labute approximate surface area is 103 Å². The van der Waals surface area contributed by atoms with Crippen molar-refractivity contribution in [3.05, 3.63) is 41.8 Å². The van der Waals surface area contributed by atoms with Crippen LogP contribution in [0.1, 0.15) is 18.1 Å². The summed E-state index contributed by atoms with van der Waals surface area (Å²) in [5.41, 5.74) is 4.51. The first-order valence-corrected chi connectivity index (χ1v) is 4.66. The minimum atomic E-state index is 0. The Kier molecular flexibility index (Phi) is 5.15. The smallest absolute Gasteiger partial charge is 0 e. The standard InChI is InChI=1S/C12H11NO.Re.Rf/c1-3-10-6-11(5-4-9(10)2)12-7-13-14-8-12;;/h4-6H,3H2,1-2H3;;/q-2;;. The molecule has 1 heterocycles. The summed E-state index contributed by atoms with van der Waals surface area (Å²) in [5.74, 6) is 0. The van der Waals surface area contributed by atoms with Gasteiger partial charge in [-0.2, -0.15) is 12.1 Å². The van der Waals surface area contributed by atoms with Crippen LogP contribution in [0.15, 0.2) is 22.7 Å². The second kappa shape index (κ2) is 5.85. The molecule has 2 nitrogen and oxygen atoms in total. The number of hydrogen-bond donors (Lipinski definition) is 0. The molecule has 2 rings (SSSR count). The third-order valence-electron chi connectivity index (χ3n) is 2.37. The first kappa shape index (κ1) is 14.1. The number of aryl methyl sites for hydroxylation is 2. The fourth-order valence-corrected chi connectivity index (χ4v) is 1.49. The number of benzene rings is 1. The molecule has 0 amide bonds. The Bertz CT molecular complexity index is 429. The average Bonchev–Trinajstić information content (AvgIpc) is 2.71. The van der Waals surface area contributed by atoms with Crippen LogP contribution >= 0.6 is 0 Å². The topological polar surface area (TPSA) is 26.0 Å². The summed E-state index contributed by atoms with van der Waals surface area (Å²) in [4.78, 5) is 0. The summed E-state index contributed by atoms with van der Waals surface area (Å²) < 4.78 is 4.64. The number of rotatable bonds is 2. The molecule has 0 fully saturated rings. The van der Waals surface area contributed by atoms with E-state index in [0.717, 1.165) is 17.5 Å². The Morgan fingerprint density at radius 3 is 2.69 bits per heavy atom. The SMILES string of the molecule is CCc1cc(-c2[c-]no[c-]2)ccc1C.[Re].[Rf]. The maximum absolute atomic E-state index is 4.64. The maximum atomic E-state index is 4.64. The van der Waals surface area contributed by atoms with Crippen LogP contribution in [-0.2, 0) is 26.8 Å². The Balaban J connectivity index is 0.00000112. The predicted octanol–water partition coefficient (Wildman–Crippen LogP) is 2.81. The molecule has 0 aliphatic rings. The van der Waals surface area contributed by atoms with Gasteiger partial charge in [-0.1, -0.05) is 24.1 Å². The molecule has 0 bridgehead atoms. The predicted molar refractivity (Wildman–Crippen MR) is 53.7 cm³/mol. The monoisotopic (exact) mass is 639 g/mol. The fourth-order valence-electron chi connectivity index (χ4n) is 1.49. The molecule has 16 heavy (non-hydrogen) atoms. The van der Waals surface area contributed by atoms with Gasteiger partial charge in [0.15, 0.2) is 0 Å². The van der Waals surface area contributed by atoms with Gasteiger partial charge in [0, 0.05) is 20.4 Å². The summed E-state index contributed by atoms with van der Waals surface area (Å²) in [6.45, 7) is 4.26. The van der Waals surface area contributed by atoms with E-state index in [1.807, 2.05) is 6.07 Å². The maximum Gasteiger partial charge on any atom is 0 e. The molecule has 2 aromatic rings. The van der Waals surface area contributed by atoms with Crippen LogP contribution in [0.4, 0.5) is 0 Å². The van der Waals surface area contributed by atoms with Crippen molar-refractivity contribution >= 4 is 0 Å². The van der Waals surface area contributed by atoms with E-state index in [1.54, 1.807) is 0 Å². The Morgan fingerprint density at radius 2 is 2.12 bits per heavy atom. The Morgan fingerprint density at radius 1 is 1.38 bits per heavy atom. The molecule has 0 aliphatic carbocycles. The molecular weight excluding hydrogens is 627 g/mol. The quantitative estimate of drug-likeness (QED) is 0.474. The molecule has 0 saturated carbocycles. The van der Waals surface area contributed by atoms with E-state index in [-0.39, 0.29) is 20.4 Å². The van der Waals surface area contributed by atoms with Crippen LogP contribution in [-0.4, -0.2) is 5.16 Å². The molecule has 0 aliphatic heterocycles. The molecule has 0 unspecified atom stereocenters. The second-order valence-electron chi connectivity index (χ2n) is 3.27. The third-order valence-corrected chi connectivity index (χ3v) is 2.37. The van der Waals surface area contributed by atoms with Gasteiger partial charge in [-0.25, -0.2) is 11.8 Å². The van der Waals surface area contributed by atoms with Gasteiger partial charge in [0.05, 0.1) is 0 Å². The number of aromatic nitrogens is 1. The second-order valence-corrected chi connectivity index (χ2v) is 3.27. The van der Waals surface area contributed by atoms with Crippen molar-refractivity contribution in [1.29, 1.82) is 0 Å². The molecular formula is C12H11NOReRf-2. The third kappa shape index (κ3) is 2.56. The Hall–Kier alpha value is -1.91. The van der Waals surface area contributed by atoms with E-state index < -0.39 is 0 Å². The molecule has 0 atom stereocenters. The van der Waals surface area contributed by atoms with Gasteiger partial charge in [0.2, 0.25) is 0 Å². The molecule has 1 aromatic carbocycles. The summed E-state index contributed by atoms with van der Waals surface area (Å²) in [6.07, 6.45) is 6.47. The van der Waals surface area contributed by atoms with E-state index in [1.165, 1.54) is 11.1 Å². The van der Waals surface area contributed by atoms with Gasteiger partial charge in [0.25, 0.3) is 0 Å². The van der Waals surface area contributed by atoms with E-state index in [2.05, 4.69) is 48.1 Å². The molecule has 4 heteroatoms. The molecule has 81 valence electrons. The van der Waals surface area contributed by atoms with Gasteiger partial charge < -0.3 is 10.1 Å². The fraction of sp³-hybridized carbons (Fsp3) is 0.250.